The van der Waals surface area contributed by atoms with Crippen molar-refractivity contribution < 1.29 is 5.11 Å². The van der Waals surface area contributed by atoms with Gasteiger partial charge >= 0.3 is 0 Å². The van der Waals surface area contributed by atoms with Crippen LogP contribution in [0.1, 0.15) is 18.1 Å². The Morgan fingerprint density at radius 2 is 2.14 bits per heavy atom. The van der Waals surface area contributed by atoms with Crippen LogP contribution in [0.15, 0.2) is 24.3 Å². The molecule has 1 unspecified atom stereocenters. The third kappa shape index (κ3) is 2.11. The zero-order valence-corrected chi connectivity index (χ0v) is 8.20. The van der Waals surface area contributed by atoms with Gasteiger partial charge < -0.3 is 10.8 Å². The molecule has 3 heteroatoms. The molecule has 1 atom stereocenters. The van der Waals surface area contributed by atoms with Gasteiger partial charge in [0.05, 0.1) is 24.6 Å². The fourth-order valence-electron chi connectivity index (χ4n) is 1.40. The molecule has 0 bridgehead atoms. The summed E-state index contributed by atoms with van der Waals surface area (Å²) >= 11 is 0. The molecule has 0 aliphatic rings. The molecule has 14 heavy (non-hydrogen) atoms. The van der Waals surface area contributed by atoms with Crippen molar-refractivity contribution in [2.24, 2.45) is 5.73 Å². The molecule has 0 amide bonds. The van der Waals surface area contributed by atoms with Crippen molar-refractivity contribution in [1.29, 1.82) is 5.26 Å². The number of nitrogens with zero attached hydrogens (tertiary/aromatic N) is 1. The topological polar surface area (TPSA) is 70.0 Å². The van der Waals surface area contributed by atoms with E-state index in [1.165, 1.54) is 0 Å². The van der Waals surface area contributed by atoms with Crippen LogP contribution in [-0.2, 0) is 12.0 Å². The second-order valence-corrected chi connectivity index (χ2v) is 3.57. The van der Waals surface area contributed by atoms with E-state index in [1.54, 1.807) is 6.92 Å². The number of hydrogen-bond acceptors (Lipinski definition) is 3. The standard InChI is InChI=1S/C11H14N2O/c1-11(13,8-14)10-5-3-2-4-9(10)6-7-12/h2-5,14H,6,8,13H2,1H3. The summed E-state index contributed by atoms with van der Waals surface area (Å²) < 4.78 is 0. The highest BCUT2D eigenvalue weighted by Crippen LogP contribution is 2.21. The third-order valence-electron chi connectivity index (χ3n) is 2.23. The molecule has 1 rings (SSSR count). The molecule has 0 aliphatic carbocycles. The summed E-state index contributed by atoms with van der Waals surface area (Å²) in [5.74, 6) is 0. The number of nitriles is 1. The lowest BCUT2D eigenvalue weighted by molar-refractivity contribution is 0.209. The van der Waals surface area contributed by atoms with Gasteiger partial charge in [-0.3, -0.25) is 0 Å². The molecule has 0 heterocycles. The third-order valence-corrected chi connectivity index (χ3v) is 2.23. The van der Waals surface area contributed by atoms with Gasteiger partial charge in [0.25, 0.3) is 0 Å². The molecular formula is C11H14N2O. The zero-order valence-electron chi connectivity index (χ0n) is 8.20. The molecule has 1 aromatic rings. The quantitative estimate of drug-likeness (QED) is 0.744. The molecule has 0 spiro atoms. The number of rotatable bonds is 3. The highest BCUT2D eigenvalue weighted by molar-refractivity contribution is 5.34. The van der Waals surface area contributed by atoms with E-state index in [0.29, 0.717) is 6.42 Å². The smallest absolute Gasteiger partial charge is 0.0669 e. The van der Waals surface area contributed by atoms with Crippen LogP contribution in [0.5, 0.6) is 0 Å². The first kappa shape index (κ1) is 10.7. The summed E-state index contributed by atoms with van der Waals surface area (Å²) in [5.41, 5.74) is 6.86. The van der Waals surface area contributed by atoms with Crippen LogP contribution in [0.2, 0.25) is 0 Å². The van der Waals surface area contributed by atoms with Crippen LogP contribution >= 0.6 is 0 Å². The van der Waals surface area contributed by atoms with E-state index in [-0.39, 0.29) is 6.61 Å². The van der Waals surface area contributed by atoms with E-state index in [0.717, 1.165) is 11.1 Å². The van der Waals surface area contributed by atoms with Gasteiger partial charge in [-0.05, 0) is 18.1 Å². The lowest BCUT2D eigenvalue weighted by Crippen LogP contribution is -2.37. The van der Waals surface area contributed by atoms with Gasteiger partial charge in [-0.15, -0.1) is 0 Å². The molecule has 0 aromatic heterocycles. The predicted octanol–water partition coefficient (Wildman–Crippen LogP) is 0.919. The number of aliphatic hydroxyl groups excluding tert-OH is 1. The van der Waals surface area contributed by atoms with Crippen molar-refractivity contribution in [2.75, 3.05) is 6.61 Å². The molecular weight excluding hydrogens is 176 g/mol. The highest BCUT2D eigenvalue weighted by Gasteiger charge is 2.22. The summed E-state index contributed by atoms with van der Waals surface area (Å²) in [6, 6.07) is 9.52. The Hall–Kier alpha value is -1.37. The van der Waals surface area contributed by atoms with Crippen LogP contribution in [0.3, 0.4) is 0 Å². The van der Waals surface area contributed by atoms with E-state index >= 15 is 0 Å². The summed E-state index contributed by atoms with van der Waals surface area (Å²) in [6.07, 6.45) is 0.322. The van der Waals surface area contributed by atoms with Gasteiger partial charge in [0.1, 0.15) is 0 Å². The Kier molecular flexibility index (Phi) is 3.23. The minimum Gasteiger partial charge on any atom is -0.394 e. The van der Waals surface area contributed by atoms with Crippen LogP contribution in [0, 0.1) is 11.3 Å². The monoisotopic (exact) mass is 190 g/mol. The molecule has 0 saturated heterocycles. The fraction of sp³-hybridized carbons (Fsp3) is 0.364. The summed E-state index contributed by atoms with van der Waals surface area (Å²) in [5, 5.41) is 17.8. The van der Waals surface area contributed by atoms with Crippen molar-refractivity contribution in [3.8, 4) is 6.07 Å². The normalized spacial score (nSPS) is 14.4. The minimum absolute atomic E-state index is 0.130. The lowest BCUT2D eigenvalue weighted by Gasteiger charge is -2.24. The van der Waals surface area contributed by atoms with E-state index in [9.17, 15) is 0 Å². The number of aliphatic hydroxyl groups is 1. The number of hydrogen-bond donors (Lipinski definition) is 2. The Morgan fingerprint density at radius 3 is 2.71 bits per heavy atom. The van der Waals surface area contributed by atoms with Crippen LogP contribution in [0.25, 0.3) is 0 Å². The first-order valence-corrected chi connectivity index (χ1v) is 4.47. The Labute approximate surface area is 83.8 Å². The maximum atomic E-state index is 9.13. The maximum Gasteiger partial charge on any atom is 0.0669 e. The average Bonchev–Trinajstić information content (AvgIpc) is 2.19. The predicted molar refractivity (Wildman–Crippen MR) is 54.4 cm³/mol. The summed E-state index contributed by atoms with van der Waals surface area (Å²) in [4.78, 5) is 0. The van der Waals surface area contributed by atoms with Gasteiger partial charge in [0, 0.05) is 0 Å². The number of benzene rings is 1. The van der Waals surface area contributed by atoms with Gasteiger partial charge in [-0.25, -0.2) is 0 Å². The molecule has 0 aliphatic heterocycles. The Balaban J connectivity index is 3.14. The van der Waals surface area contributed by atoms with Gasteiger partial charge in [-0.2, -0.15) is 5.26 Å². The summed E-state index contributed by atoms with van der Waals surface area (Å²) in [6.45, 7) is 1.62. The maximum absolute atomic E-state index is 9.13. The fourth-order valence-corrected chi connectivity index (χ4v) is 1.40. The van der Waals surface area contributed by atoms with E-state index < -0.39 is 5.54 Å². The second kappa shape index (κ2) is 4.23. The Bertz CT molecular complexity index is 353. The minimum atomic E-state index is -0.770. The highest BCUT2D eigenvalue weighted by atomic mass is 16.3. The van der Waals surface area contributed by atoms with Crippen molar-refractivity contribution >= 4 is 0 Å². The SMILES string of the molecule is CC(N)(CO)c1ccccc1CC#N. The number of nitrogens with two attached hydrogens (primary N) is 1. The van der Waals surface area contributed by atoms with Crippen molar-refractivity contribution in [3.05, 3.63) is 35.4 Å². The molecule has 0 saturated carbocycles. The van der Waals surface area contributed by atoms with E-state index in [4.69, 9.17) is 16.1 Å². The molecule has 74 valence electrons. The first-order valence-electron chi connectivity index (χ1n) is 4.47. The molecule has 0 radical (unpaired) electrons. The van der Waals surface area contributed by atoms with Gasteiger partial charge in [-0.1, -0.05) is 24.3 Å². The van der Waals surface area contributed by atoms with Crippen molar-refractivity contribution in [1.82, 2.24) is 0 Å². The average molecular weight is 190 g/mol. The largest absolute Gasteiger partial charge is 0.394 e. The Morgan fingerprint density at radius 1 is 1.50 bits per heavy atom. The molecule has 3 N–H and O–H groups in total. The second-order valence-electron chi connectivity index (χ2n) is 3.57. The summed E-state index contributed by atoms with van der Waals surface area (Å²) in [7, 11) is 0. The van der Waals surface area contributed by atoms with Crippen LogP contribution in [0.4, 0.5) is 0 Å². The van der Waals surface area contributed by atoms with Crippen molar-refractivity contribution in [3.63, 3.8) is 0 Å². The zero-order chi connectivity index (χ0) is 10.6. The first-order chi connectivity index (χ1) is 6.61. The van der Waals surface area contributed by atoms with Gasteiger partial charge in [0.15, 0.2) is 0 Å². The molecule has 3 nitrogen and oxygen atoms in total. The van der Waals surface area contributed by atoms with Gasteiger partial charge in [0.2, 0.25) is 0 Å². The lowest BCUT2D eigenvalue weighted by atomic mass is 9.89. The van der Waals surface area contributed by atoms with Crippen molar-refractivity contribution in [2.45, 2.75) is 18.9 Å². The van der Waals surface area contributed by atoms with E-state index in [2.05, 4.69) is 6.07 Å². The van der Waals surface area contributed by atoms with E-state index in [1.807, 2.05) is 24.3 Å². The molecule has 0 fully saturated rings. The van der Waals surface area contributed by atoms with Crippen LogP contribution < -0.4 is 5.73 Å². The molecule has 1 aromatic carbocycles. The van der Waals surface area contributed by atoms with Crippen LogP contribution in [-0.4, -0.2) is 11.7 Å².